The van der Waals surface area contributed by atoms with E-state index in [9.17, 15) is 9.59 Å². The van der Waals surface area contributed by atoms with Gasteiger partial charge in [-0.3, -0.25) is 9.59 Å². The van der Waals surface area contributed by atoms with Gasteiger partial charge in [-0.05, 0) is 12.8 Å². The van der Waals surface area contributed by atoms with Gasteiger partial charge in [0.05, 0.1) is 0 Å². The average molecular weight is 287 g/mol. The van der Waals surface area contributed by atoms with Gasteiger partial charge >= 0.3 is 0 Å². The van der Waals surface area contributed by atoms with Crippen LogP contribution < -0.4 is 5.32 Å². The van der Waals surface area contributed by atoms with Crippen molar-refractivity contribution in [2.24, 2.45) is 0 Å². The highest BCUT2D eigenvalue weighted by molar-refractivity contribution is 5.97. The van der Waals surface area contributed by atoms with E-state index in [-0.39, 0.29) is 11.7 Å². The topological polar surface area (TPSA) is 46.2 Å². The molecular weight excluding hydrogens is 262 g/mol. The lowest BCUT2D eigenvalue weighted by Gasteiger charge is -2.20. The van der Waals surface area contributed by atoms with Crippen LogP contribution in [0.3, 0.4) is 0 Å². The van der Waals surface area contributed by atoms with Gasteiger partial charge in [-0.2, -0.15) is 0 Å². The summed E-state index contributed by atoms with van der Waals surface area (Å²) < 4.78 is 0. The van der Waals surface area contributed by atoms with E-state index in [1.54, 1.807) is 12.1 Å². The number of Topliss-reactive ketones (excluding diaryl/α,β-unsaturated/α-hetero) is 1. The molecule has 0 saturated heterocycles. The van der Waals surface area contributed by atoms with Crippen LogP contribution in [0.15, 0.2) is 30.3 Å². The number of hydrogen-bond donors (Lipinski definition) is 1. The quantitative estimate of drug-likeness (QED) is 0.835. The van der Waals surface area contributed by atoms with Gasteiger partial charge in [-0.15, -0.1) is 0 Å². The maximum Gasteiger partial charge on any atom is 0.220 e. The summed E-state index contributed by atoms with van der Waals surface area (Å²) in [6.07, 6.45) is 9.04. The monoisotopic (exact) mass is 287 g/mol. The smallest absolute Gasteiger partial charge is 0.220 e. The second kappa shape index (κ2) is 8.60. The minimum absolute atomic E-state index is 0.0184. The van der Waals surface area contributed by atoms with E-state index in [0.29, 0.717) is 24.4 Å². The van der Waals surface area contributed by atoms with E-state index in [1.165, 1.54) is 32.1 Å². The Kier molecular flexibility index (Phi) is 6.45. The molecule has 1 aliphatic carbocycles. The zero-order chi connectivity index (χ0) is 14.9. The van der Waals surface area contributed by atoms with Crippen molar-refractivity contribution < 1.29 is 9.59 Å². The first-order valence-electron chi connectivity index (χ1n) is 8.13. The van der Waals surface area contributed by atoms with Gasteiger partial charge in [-0.25, -0.2) is 0 Å². The number of benzene rings is 1. The largest absolute Gasteiger partial charge is 0.353 e. The summed E-state index contributed by atoms with van der Waals surface area (Å²) in [4.78, 5) is 23.9. The molecule has 3 heteroatoms. The summed E-state index contributed by atoms with van der Waals surface area (Å²) in [5.74, 6) is 0.0632. The Labute approximate surface area is 127 Å². The Morgan fingerprint density at radius 3 is 2.19 bits per heavy atom. The van der Waals surface area contributed by atoms with E-state index in [1.807, 2.05) is 18.2 Å². The van der Waals surface area contributed by atoms with Crippen LogP contribution in [0.1, 0.15) is 68.1 Å². The number of carbonyl (C=O) groups is 2. The van der Waals surface area contributed by atoms with Crippen LogP contribution >= 0.6 is 0 Å². The van der Waals surface area contributed by atoms with Gasteiger partial charge in [-0.1, -0.05) is 62.4 Å². The molecule has 1 N–H and O–H groups in total. The maximum atomic E-state index is 12.0. The van der Waals surface area contributed by atoms with Crippen molar-refractivity contribution in [3.63, 3.8) is 0 Å². The molecule has 1 aliphatic rings. The lowest BCUT2D eigenvalue weighted by molar-refractivity contribution is -0.121. The van der Waals surface area contributed by atoms with Gasteiger partial charge in [0, 0.05) is 24.4 Å². The van der Waals surface area contributed by atoms with Crippen molar-refractivity contribution in [2.45, 2.75) is 63.8 Å². The molecule has 1 aromatic rings. The van der Waals surface area contributed by atoms with Gasteiger partial charge in [0.1, 0.15) is 0 Å². The molecule has 1 amide bonds. The van der Waals surface area contributed by atoms with Gasteiger partial charge in [0.2, 0.25) is 5.91 Å². The molecule has 0 radical (unpaired) electrons. The van der Waals surface area contributed by atoms with E-state index >= 15 is 0 Å². The Bertz CT molecular complexity index is 448. The molecule has 2 rings (SSSR count). The Hall–Kier alpha value is -1.64. The maximum absolute atomic E-state index is 12.0. The predicted octanol–water partition coefficient (Wildman–Crippen LogP) is 3.88. The summed E-state index contributed by atoms with van der Waals surface area (Å²) in [6, 6.07) is 9.50. The Morgan fingerprint density at radius 2 is 1.52 bits per heavy atom. The normalized spacial score (nSPS) is 16.8. The van der Waals surface area contributed by atoms with Crippen LogP contribution in [0.5, 0.6) is 0 Å². The summed E-state index contributed by atoms with van der Waals surface area (Å²) in [5.41, 5.74) is 0.691. The molecule has 1 aromatic carbocycles. The van der Waals surface area contributed by atoms with Gasteiger partial charge in [0.25, 0.3) is 0 Å². The zero-order valence-corrected chi connectivity index (χ0v) is 12.6. The van der Waals surface area contributed by atoms with E-state index in [2.05, 4.69) is 5.32 Å². The third-order valence-corrected chi connectivity index (χ3v) is 4.15. The number of hydrogen-bond acceptors (Lipinski definition) is 2. The van der Waals surface area contributed by atoms with Crippen LogP contribution in [-0.4, -0.2) is 17.7 Å². The SMILES string of the molecule is O=C(CCC(=O)c1ccccc1)NC1CCCCCCC1. The first-order valence-corrected chi connectivity index (χ1v) is 8.13. The van der Waals surface area contributed by atoms with Crippen LogP contribution in [0.2, 0.25) is 0 Å². The van der Waals surface area contributed by atoms with Crippen molar-refractivity contribution in [3.8, 4) is 0 Å². The number of ketones is 1. The summed E-state index contributed by atoms with van der Waals surface area (Å²) >= 11 is 0. The highest BCUT2D eigenvalue weighted by Gasteiger charge is 2.15. The first-order chi connectivity index (χ1) is 10.3. The molecule has 0 atom stereocenters. The third-order valence-electron chi connectivity index (χ3n) is 4.15. The summed E-state index contributed by atoms with van der Waals surface area (Å²) in [5, 5.41) is 3.10. The molecule has 114 valence electrons. The van der Waals surface area contributed by atoms with Crippen LogP contribution in [0, 0.1) is 0 Å². The highest BCUT2D eigenvalue weighted by atomic mass is 16.2. The molecule has 0 aliphatic heterocycles. The lowest BCUT2D eigenvalue weighted by atomic mass is 9.96. The van der Waals surface area contributed by atoms with Crippen LogP contribution in [0.4, 0.5) is 0 Å². The first kappa shape index (κ1) is 15.7. The van der Waals surface area contributed by atoms with Crippen LogP contribution in [-0.2, 0) is 4.79 Å². The van der Waals surface area contributed by atoms with Crippen molar-refractivity contribution in [3.05, 3.63) is 35.9 Å². The minimum atomic E-state index is 0.0184. The average Bonchev–Trinajstić information content (AvgIpc) is 2.48. The Balaban J connectivity index is 1.72. The van der Waals surface area contributed by atoms with Crippen molar-refractivity contribution in [1.82, 2.24) is 5.32 Å². The van der Waals surface area contributed by atoms with E-state index < -0.39 is 0 Å². The van der Waals surface area contributed by atoms with E-state index in [0.717, 1.165) is 12.8 Å². The molecular formula is C18H25NO2. The number of amides is 1. The minimum Gasteiger partial charge on any atom is -0.353 e. The zero-order valence-electron chi connectivity index (χ0n) is 12.6. The molecule has 1 saturated carbocycles. The fourth-order valence-electron chi connectivity index (χ4n) is 2.90. The highest BCUT2D eigenvalue weighted by Crippen LogP contribution is 2.17. The van der Waals surface area contributed by atoms with Crippen molar-refractivity contribution >= 4 is 11.7 Å². The number of nitrogens with one attached hydrogen (secondary N) is 1. The fourth-order valence-corrected chi connectivity index (χ4v) is 2.90. The molecule has 0 spiro atoms. The molecule has 0 heterocycles. The predicted molar refractivity (Wildman–Crippen MR) is 84.3 cm³/mol. The summed E-state index contributed by atoms with van der Waals surface area (Å²) in [7, 11) is 0. The lowest BCUT2D eigenvalue weighted by Crippen LogP contribution is -2.35. The van der Waals surface area contributed by atoms with Crippen molar-refractivity contribution in [2.75, 3.05) is 0 Å². The third kappa shape index (κ3) is 5.70. The van der Waals surface area contributed by atoms with Crippen LogP contribution in [0.25, 0.3) is 0 Å². The molecule has 1 fully saturated rings. The fraction of sp³-hybridized carbons (Fsp3) is 0.556. The van der Waals surface area contributed by atoms with Crippen molar-refractivity contribution in [1.29, 1.82) is 0 Å². The molecule has 21 heavy (non-hydrogen) atoms. The molecule has 0 bridgehead atoms. The van der Waals surface area contributed by atoms with Gasteiger partial charge < -0.3 is 5.32 Å². The Morgan fingerprint density at radius 1 is 0.905 bits per heavy atom. The second-order valence-corrected chi connectivity index (χ2v) is 5.90. The van der Waals surface area contributed by atoms with E-state index in [4.69, 9.17) is 0 Å². The van der Waals surface area contributed by atoms with Gasteiger partial charge in [0.15, 0.2) is 5.78 Å². The standard InChI is InChI=1S/C18H25NO2/c20-17(15-9-5-4-6-10-15)13-14-18(21)19-16-11-7-2-1-3-8-12-16/h4-6,9-10,16H,1-3,7-8,11-14H2,(H,19,21). The number of carbonyl (C=O) groups excluding carboxylic acids is 2. The molecule has 3 nitrogen and oxygen atoms in total. The molecule has 0 unspecified atom stereocenters. The second-order valence-electron chi connectivity index (χ2n) is 5.90. The molecule has 0 aromatic heterocycles. The summed E-state index contributed by atoms with van der Waals surface area (Å²) in [6.45, 7) is 0. The number of rotatable bonds is 5.